The standard InChI is InChI=1S/C19H19N3O3/c23-17-15-5-1-2-6-16(15)25-13-19(21-17)7-10-22(11-8-19)18(24)14-4-3-9-20-12-14/h1-6,9,12H,7-8,10-11,13H2,(H,21,23). The van der Waals surface area contributed by atoms with Gasteiger partial charge in [-0.2, -0.15) is 0 Å². The predicted octanol–water partition coefficient (Wildman–Crippen LogP) is 1.88. The molecule has 0 saturated carbocycles. The highest BCUT2D eigenvalue weighted by atomic mass is 16.5. The maximum atomic E-state index is 12.5. The molecule has 2 aliphatic heterocycles. The molecule has 128 valence electrons. The third-order valence-electron chi connectivity index (χ3n) is 4.93. The molecule has 25 heavy (non-hydrogen) atoms. The van der Waals surface area contributed by atoms with E-state index in [1.807, 2.05) is 23.1 Å². The van der Waals surface area contributed by atoms with Gasteiger partial charge in [0.1, 0.15) is 12.4 Å². The van der Waals surface area contributed by atoms with E-state index in [1.54, 1.807) is 30.6 Å². The number of carbonyl (C=O) groups excluding carboxylic acids is 2. The summed E-state index contributed by atoms with van der Waals surface area (Å²) in [6, 6.07) is 10.8. The Labute approximate surface area is 145 Å². The Bertz CT molecular complexity index is 799. The minimum absolute atomic E-state index is 0.0212. The molecule has 1 N–H and O–H groups in total. The zero-order valence-electron chi connectivity index (χ0n) is 13.8. The van der Waals surface area contributed by atoms with Crippen LogP contribution in [0.4, 0.5) is 0 Å². The zero-order valence-corrected chi connectivity index (χ0v) is 13.8. The Hall–Kier alpha value is -2.89. The molecule has 1 saturated heterocycles. The fourth-order valence-corrected chi connectivity index (χ4v) is 3.42. The molecule has 2 aliphatic rings. The van der Waals surface area contributed by atoms with Gasteiger partial charge in [0.05, 0.1) is 16.7 Å². The van der Waals surface area contributed by atoms with Crippen molar-refractivity contribution in [3.63, 3.8) is 0 Å². The molecule has 1 aromatic heterocycles. The number of amides is 2. The number of rotatable bonds is 1. The SMILES string of the molecule is O=C1NC2(CCN(C(=O)c3cccnc3)CC2)COc2ccccc21. The van der Waals surface area contributed by atoms with Crippen molar-refractivity contribution >= 4 is 11.8 Å². The molecule has 1 aromatic carbocycles. The summed E-state index contributed by atoms with van der Waals surface area (Å²) in [6.07, 6.45) is 4.56. The molecular weight excluding hydrogens is 318 g/mol. The van der Waals surface area contributed by atoms with Crippen LogP contribution in [0.2, 0.25) is 0 Å². The van der Waals surface area contributed by atoms with E-state index in [0.29, 0.717) is 49.4 Å². The highest BCUT2D eigenvalue weighted by Crippen LogP contribution is 2.30. The number of fused-ring (bicyclic) bond motifs is 1. The number of hydrogen-bond acceptors (Lipinski definition) is 4. The van der Waals surface area contributed by atoms with Crippen LogP contribution in [-0.2, 0) is 0 Å². The number of nitrogens with one attached hydrogen (secondary N) is 1. The van der Waals surface area contributed by atoms with Gasteiger partial charge in [-0.05, 0) is 37.1 Å². The normalized spacial score (nSPS) is 18.7. The summed E-state index contributed by atoms with van der Waals surface area (Å²) < 4.78 is 5.90. The van der Waals surface area contributed by atoms with Crippen molar-refractivity contribution in [2.75, 3.05) is 19.7 Å². The van der Waals surface area contributed by atoms with Gasteiger partial charge < -0.3 is 15.0 Å². The summed E-state index contributed by atoms with van der Waals surface area (Å²) in [7, 11) is 0. The van der Waals surface area contributed by atoms with E-state index < -0.39 is 5.54 Å². The molecule has 6 heteroatoms. The zero-order chi connectivity index (χ0) is 17.3. The number of hydrogen-bond donors (Lipinski definition) is 1. The van der Waals surface area contributed by atoms with Crippen LogP contribution in [0.5, 0.6) is 5.75 Å². The lowest BCUT2D eigenvalue weighted by Gasteiger charge is -2.41. The minimum Gasteiger partial charge on any atom is -0.490 e. The fourth-order valence-electron chi connectivity index (χ4n) is 3.42. The molecule has 1 fully saturated rings. The van der Waals surface area contributed by atoms with Gasteiger partial charge >= 0.3 is 0 Å². The van der Waals surface area contributed by atoms with Crippen molar-refractivity contribution in [1.29, 1.82) is 0 Å². The van der Waals surface area contributed by atoms with Crippen molar-refractivity contribution in [3.05, 3.63) is 59.9 Å². The van der Waals surface area contributed by atoms with Crippen molar-refractivity contribution in [2.24, 2.45) is 0 Å². The van der Waals surface area contributed by atoms with Crippen molar-refractivity contribution in [2.45, 2.75) is 18.4 Å². The molecule has 0 atom stereocenters. The number of aromatic nitrogens is 1. The lowest BCUT2D eigenvalue weighted by Crippen LogP contribution is -2.58. The van der Waals surface area contributed by atoms with Crippen molar-refractivity contribution in [1.82, 2.24) is 15.2 Å². The van der Waals surface area contributed by atoms with Gasteiger partial charge in [0.15, 0.2) is 0 Å². The molecule has 0 radical (unpaired) electrons. The van der Waals surface area contributed by atoms with Gasteiger partial charge in [0.25, 0.3) is 11.8 Å². The number of pyridine rings is 1. The first-order chi connectivity index (χ1) is 12.2. The first-order valence-corrected chi connectivity index (χ1v) is 8.41. The first kappa shape index (κ1) is 15.6. The second-order valence-electron chi connectivity index (χ2n) is 6.55. The summed E-state index contributed by atoms with van der Waals surface area (Å²) in [5, 5.41) is 3.14. The number of ether oxygens (including phenoxy) is 1. The van der Waals surface area contributed by atoms with E-state index in [9.17, 15) is 9.59 Å². The third-order valence-corrected chi connectivity index (χ3v) is 4.93. The summed E-state index contributed by atoms with van der Waals surface area (Å²) in [4.78, 5) is 30.9. The molecule has 1 spiro atoms. The molecule has 0 unspecified atom stereocenters. The lowest BCUT2D eigenvalue weighted by molar-refractivity contribution is 0.0555. The second-order valence-corrected chi connectivity index (χ2v) is 6.55. The van der Waals surface area contributed by atoms with Gasteiger partial charge in [-0.15, -0.1) is 0 Å². The van der Waals surface area contributed by atoms with Crippen LogP contribution in [0, 0.1) is 0 Å². The average molecular weight is 337 g/mol. The van der Waals surface area contributed by atoms with Crippen LogP contribution >= 0.6 is 0 Å². The number of nitrogens with zero attached hydrogens (tertiary/aromatic N) is 2. The number of para-hydroxylation sites is 1. The van der Waals surface area contributed by atoms with E-state index in [1.165, 1.54) is 0 Å². The number of likely N-dealkylation sites (tertiary alicyclic amines) is 1. The van der Waals surface area contributed by atoms with Gasteiger partial charge in [-0.1, -0.05) is 12.1 Å². The smallest absolute Gasteiger partial charge is 0.255 e. The minimum atomic E-state index is -0.429. The van der Waals surface area contributed by atoms with Gasteiger partial charge in [0.2, 0.25) is 0 Å². The maximum absolute atomic E-state index is 12.5. The van der Waals surface area contributed by atoms with E-state index in [4.69, 9.17) is 4.74 Å². The largest absolute Gasteiger partial charge is 0.490 e. The van der Waals surface area contributed by atoms with Gasteiger partial charge in [-0.3, -0.25) is 14.6 Å². The van der Waals surface area contributed by atoms with Crippen LogP contribution in [0.25, 0.3) is 0 Å². The van der Waals surface area contributed by atoms with E-state index in [2.05, 4.69) is 10.3 Å². The van der Waals surface area contributed by atoms with Crippen LogP contribution in [0.1, 0.15) is 33.6 Å². The first-order valence-electron chi connectivity index (χ1n) is 8.41. The summed E-state index contributed by atoms with van der Waals surface area (Å²) in [6.45, 7) is 1.58. The van der Waals surface area contributed by atoms with Crippen LogP contribution in [0.3, 0.4) is 0 Å². The molecule has 0 aliphatic carbocycles. The molecule has 0 bridgehead atoms. The Kier molecular flexibility index (Phi) is 3.87. The summed E-state index contributed by atoms with van der Waals surface area (Å²) in [5.41, 5.74) is 0.724. The second kappa shape index (κ2) is 6.20. The third kappa shape index (κ3) is 2.95. The van der Waals surface area contributed by atoms with Crippen LogP contribution in [-0.4, -0.2) is 46.9 Å². The Morgan fingerprint density at radius 3 is 2.72 bits per heavy atom. The summed E-state index contributed by atoms with van der Waals surface area (Å²) in [5.74, 6) is 0.484. The molecule has 2 amide bonds. The maximum Gasteiger partial charge on any atom is 0.255 e. The van der Waals surface area contributed by atoms with E-state index in [-0.39, 0.29) is 11.8 Å². The van der Waals surface area contributed by atoms with Crippen molar-refractivity contribution < 1.29 is 14.3 Å². The quantitative estimate of drug-likeness (QED) is 0.862. The number of benzene rings is 1. The van der Waals surface area contributed by atoms with Crippen LogP contribution < -0.4 is 10.1 Å². The average Bonchev–Trinajstić information content (AvgIpc) is 2.80. The fraction of sp³-hybridized carbons (Fsp3) is 0.316. The van der Waals surface area contributed by atoms with E-state index >= 15 is 0 Å². The molecular formula is C19H19N3O3. The summed E-state index contributed by atoms with van der Waals surface area (Å²) >= 11 is 0. The topological polar surface area (TPSA) is 71.5 Å². The Morgan fingerprint density at radius 2 is 1.96 bits per heavy atom. The van der Waals surface area contributed by atoms with Gasteiger partial charge in [0, 0.05) is 25.5 Å². The Balaban J connectivity index is 1.47. The molecule has 4 rings (SSSR count). The predicted molar refractivity (Wildman–Crippen MR) is 91.5 cm³/mol. The van der Waals surface area contributed by atoms with Crippen molar-refractivity contribution in [3.8, 4) is 5.75 Å². The number of carbonyl (C=O) groups is 2. The van der Waals surface area contributed by atoms with Crippen LogP contribution in [0.15, 0.2) is 48.8 Å². The molecule has 6 nitrogen and oxygen atoms in total. The lowest BCUT2D eigenvalue weighted by atomic mass is 9.88. The van der Waals surface area contributed by atoms with E-state index in [0.717, 1.165) is 0 Å². The van der Waals surface area contributed by atoms with Gasteiger partial charge in [-0.25, -0.2) is 0 Å². The highest BCUT2D eigenvalue weighted by molar-refractivity contribution is 5.98. The Morgan fingerprint density at radius 1 is 1.16 bits per heavy atom. The number of piperidine rings is 1. The highest BCUT2D eigenvalue weighted by Gasteiger charge is 2.40. The monoisotopic (exact) mass is 337 g/mol. The molecule has 3 heterocycles. The molecule has 2 aromatic rings.